The van der Waals surface area contributed by atoms with Crippen molar-refractivity contribution >= 4 is 17.6 Å². The fourth-order valence-electron chi connectivity index (χ4n) is 2.68. The van der Waals surface area contributed by atoms with Crippen LogP contribution in [0.4, 0.5) is 14.5 Å². The predicted octanol–water partition coefficient (Wildman–Crippen LogP) is 3.57. The number of carbonyl (C=O) groups is 2. The summed E-state index contributed by atoms with van der Waals surface area (Å²) in [6.07, 6.45) is 5.56. The molecule has 1 aliphatic carbocycles. The Morgan fingerprint density at radius 3 is 2.38 bits per heavy atom. The number of carboxylic acid groups (broad SMARTS) is 1. The Bertz CT molecular complexity index is 554. The number of nitrogens with one attached hydrogen (secondary N) is 1. The van der Waals surface area contributed by atoms with E-state index in [-0.39, 0.29) is 23.9 Å². The number of benzene rings is 1. The summed E-state index contributed by atoms with van der Waals surface area (Å²) < 4.78 is 26.3. The molecule has 1 amide bonds. The topological polar surface area (TPSA) is 66.4 Å². The Morgan fingerprint density at radius 1 is 1.14 bits per heavy atom. The number of anilines is 1. The van der Waals surface area contributed by atoms with E-state index < -0.39 is 23.2 Å². The van der Waals surface area contributed by atoms with Crippen LogP contribution in [-0.2, 0) is 4.79 Å². The Kier molecular flexibility index (Phi) is 4.88. The maximum Gasteiger partial charge on any atom is 0.337 e. The van der Waals surface area contributed by atoms with E-state index in [1.54, 1.807) is 0 Å². The van der Waals surface area contributed by atoms with Crippen LogP contribution in [0, 0.1) is 17.6 Å². The van der Waals surface area contributed by atoms with Crippen molar-refractivity contribution < 1.29 is 23.5 Å². The molecule has 1 aromatic carbocycles. The molecule has 1 aliphatic rings. The van der Waals surface area contributed by atoms with Crippen molar-refractivity contribution in [1.82, 2.24) is 0 Å². The van der Waals surface area contributed by atoms with Crippen LogP contribution in [0.15, 0.2) is 12.1 Å². The smallest absolute Gasteiger partial charge is 0.337 e. The lowest BCUT2D eigenvalue weighted by atomic mass is 9.87. The van der Waals surface area contributed by atoms with Gasteiger partial charge in [0.15, 0.2) is 11.6 Å². The fraction of sp³-hybridized carbons (Fsp3) is 0.467. The van der Waals surface area contributed by atoms with Gasteiger partial charge in [0, 0.05) is 12.5 Å². The van der Waals surface area contributed by atoms with E-state index in [0.29, 0.717) is 12.1 Å². The number of aromatic carboxylic acids is 1. The van der Waals surface area contributed by atoms with Gasteiger partial charge in [-0.05, 0) is 24.8 Å². The van der Waals surface area contributed by atoms with Crippen LogP contribution in [0.1, 0.15) is 48.9 Å². The number of amides is 1. The molecule has 1 saturated carbocycles. The molecule has 0 aromatic heterocycles. The highest BCUT2D eigenvalue weighted by Gasteiger charge is 2.20. The van der Waals surface area contributed by atoms with E-state index >= 15 is 0 Å². The first-order valence-electron chi connectivity index (χ1n) is 6.99. The molecule has 1 aromatic rings. The summed E-state index contributed by atoms with van der Waals surface area (Å²) >= 11 is 0. The van der Waals surface area contributed by atoms with E-state index in [1.807, 2.05) is 0 Å². The summed E-state index contributed by atoms with van der Waals surface area (Å²) in [4.78, 5) is 22.9. The molecular weight excluding hydrogens is 280 g/mol. The number of halogens is 2. The molecule has 2 N–H and O–H groups in total. The highest BCUT2D eigenvalue weighted by atomic mass is 19.2. The van der Waals surface area contributed by atoms with Gasteiger partial charge in [0.25, 0.3) is 0 Å². The molecule has 0 bridgehead atoms. The average Bonchev–Trinajstić information content (AvgIpc) is 2.43. The lowest BCUT2D eigenvalue weighted by molar-refractivity contribution is -0.117. The van der Waals surface area contributed by atoms with Crippen LogP contribution < -0.4 is 5.32 Å². The lowest BCUT2D eigenvalue weighted by Crippen LogP contribution is -2.20. The molecule has 6 heteroatoms. The van der Waals surface area contributed by atoms with Crippen molar-refractivity contribution in [3.8, 4) is 0 Å². The lowest BCUT2D eigenvalue weighted by Gasteiger charge is -2.21. The van der Waals surface area contributed by atoms with Gasteiger partial charge >= 0.3 is 5.97 Å². The highest BCUT2D eigenvalue weighted by molar-refractivity contribution is 6.00. The van der Waals surface area contributed by atoms with Crippen molar-refractivity contribution in [2.45, 2.75) is 38.5 Å². The quantitative estimate of drug-likeness (QED) is 0.892. The van der Waals surface area contributed by atoms with Crippen LogP contribution in [0.5, 0.6) is 0 Å². The van der Waals surface area contributed by atoms with Gasteiger partial charge in [-0.1, -0.05) is 19.3 Å². The second-order valence-corrected chi connectivity index (χ2v) is 5.37. The molecule has 0 aliphatic heterocycles. The summed E-state index contributed by atoms with van der Waals surface area (Å²) in [6, 6.07) is 1.28. The second-order valence-electron chi connectivity index (χ2n) is 5.37. The van der Waals surface area contributed by atoms with Crippen molar-refractivity contribution in [3.63, 3.8) is 0 Å². The average molecular weight is 297 g/mol. The van der Waals surface area contributed by atoms with E-state index in [1.165, 1.54) is 6.42 Å². The summed E-state index contributed by atoms with van der Waals surface area (Å²) in [7, 11) is 0. The molecule has 21 heavy (non-hydrogen) atoms. The Labute approximate surface area is 121 Å². The maximum absolute atomic E-state index is 13.2. The molecular formula is C15H17F2NO3. The van der Waals surface area contributed by atoms with Crippen LogP contribution in [-0.4, -0.2) is 17.0 Å². The first-order valence-corrected chi connectivity index (χ1v) is 6.99. The minimum Gasteiger partial charge on any atom is -0.478 e. The third-order valence-electron chi connectivity index (χ3n) is 3.76. The SMILES string of the molecule is O=C(CC1CCCCC1)Nc1cc(F)c(F)cc1C(=O)O. The van der Waals surface area contributed by atoms with Crippen molar-refractivity contribution in [2.75, 3.05) is 5.32 Å². The molecule has 1 fully saturated rings. The Morgan fingerprint density at radius 2 is 1.76 bits per heavy atom. The van der Waals surface area contributed by atoms with Gasteiger partial charge in [-0.3, -0.25) is 4.79 Å². The standard InChI is InChI=1S/C15H17F2NO3/c16-11-7-10(15(20)21)13(8-12(11)17)18-14(19)6-9-4-2-1-3-5-9/h7-9H,1-6H2,(H,18,19)(H,20,21). The maximum atomic E-state index is 13.2. The number of hydrogen-bond acceptors (Lipinski definition) is 2. The molecule has 0 unspecified atom stereocenters. The largest absolute Gasteiger partial charge is 0.478 e. The number of carboxylic acids is 1. The fourth-order valence-corrected chi connectivity index (χ4v) is 2.68. The van der Waals surface area contributed by atoms with Gasteiger partial charge in [-0.25, -0.2) is 13.6 Å². The molecule has 0 heterocycles. The highest BCUT2D eigenvalue weighted by Crippen LogP contribution is 2.27. The van der Waals surface area contributed by atoms with E-state index in [2.05, 4.69) is 5.32 Å². The van der Waals surface area contributed by atoms with Gasteiger partial charge in [0.05, 0.1) is 11.3 Å². The third-order valence-corrected chi connectivity index (χ3v) is 3.76. The van der Waals surface area contributed by atoms with Crippen LogP contribution in [0.2, 0.25) is 0 Å². The number of hydrogen-bond donors (Lipinski definition) is 2. The second kappa shape index (κ2) is 6.65. The molecule has 4 nitrogen and oxygen atoms in total. The van der Waals surface area contributed by atoms with Gasteiger partial charge in [-0.15, -0.1) is 0 Å². The minimum atomic E-state index is -1.41. The van der Waals surface area contributed by atoms with Crippen molar-refractivity contribution in [2.24, 2.45) is 5.92 Å². The molecule has 0 saturated heterocycles. The zero-order chi connectivity index (χ0) is 15.4. The van der Waals surface area contributed by atoms with Gasteiger partial charge in [0.1, 0.15) is 0 Å². The van der Waals surface area contributed by atoms with E-state index in [0.717, 1.165) is 25.7 Å². The molecule has 0 atom stereocenters. The van der Waals surface area contributed by atoms with Gasteiger partial charge < -0.3 is 10.4 Å². The third kappa shape index (κ3) is 4.00. The van der Waals surface area contributed by atoms with Crippen molar-refractivity contribution in [3.05, 3.63) is 29.3 Å². The summed E-state index contributed by atoms with van der Waals surface area (Å²) in [6.45, 7) is 0. The van der Waals surface area contributed by atoms with Gasteiger partial charge in [0.2, 0.25) is 5.91 Å². The summed E-state index contributed by atoms with van der Waals surface area (Å²) in [5.41, 5.74) is -0.659. The van der Waals surface area contributed by atoms with E-state index in [9.17, 15) is 18.4 Å². The Balaban J connectivity index is 2.09. The first kappa shape index (κ1) is 15.4. The molecule has 0 radical (unpaired) electrons. The Hall–Kier alpha value is -1.98. The number of carbonyl (C=O) groups excluding carboxylic acids is 1. The summed E-state index contributed by atoms with van der Waals surface area (Å²) in [5.74, 6) is -3.94. The monoisotopic (exact) mass is 297 g/mol. The molecule has 114 valence electrons. The summed E-state index contributed by atoms with van der Waals surface area (Å²) in [5, 5.41) is 11.4. The van der Waals surface area contributed by atoms with Crippen LogP contribution >= 0.6 is 0 Å². The normalized spacial score (nSPS) is 15.7. The van der Waals surface area contributed by atoms with E-state index in [4.69, 9.17) is 5.11 Å². The first-order chi connectivity index (χ1) is 9.97. The van der Waals surface area contributed by atoms with Crippen LogP contribution in [0.25, 0.3) is 0 Å². The molecule has 0 spiro atoms. The molecule has 2 rings (SSSR count). The van der Waals surface area contributed by atoms with Gasteiger partial charge in [-0.2, -0.15) is 0 Å². The zero-order valence-electron chi connectivity index (χ0n) is 11.5. The number of rotatable bonds is 4. The zero-order valence-corrected chi connectivity index (χ0v) is 11.5. The predicted molar refractivity (Wildman–Crippen MR) is 73.1 cm³/mol. The van der Waals surface area contributed by atoms with Crippen LogP contribution in [0.3, 0.4) is 0 Å². The minimum absolute atomic E-state index is 0.206. The van der Waals surface area contributed by atoms with Crippen molar-refractivity contribution in [1.29, 1.82) is 0 Å².